The molecule has 0 heterocycles. The van der Waals surface area contributed by atoms with Crippen LogP contribution >= 0.6 is 11.6 Å². The largest absolute Gasteiger partial charge is 0.328 e. The molecular formula is C24H22ClNO. The number of hydrogen-bond acceptors (Lipinski definition) is 1. The number of benzene rings is 3. The number of likely N-dealkylation sites (N-methyl/N-ethyl adjacent to an activating group) is 1. The molecule has 0 aromatic heterocycles. The van der Waals surface area contributed by atoms with Crippen LogP contribution in [0.2, 0.25) is 5.02 Å². The predicted molar refractivity (Wildman–Crippen MR) is 113 cm³/mol. The van der Waals surface area contributed by atoms with E-state index in [4.69, 9.17) is 11.6 Å². The molecule has 0 aliphatic carbocycles. The van der Waals surface area contributed by atoms with Crippen LogP contribution in [0.5, 0.6) is 0 Å². The summed E-state index contributed by atoms with van der Waals surface area (Å²) in [5, 5.41) is 0.682. The minimum atomic E-state index is -0.125. The van der Waals surface area contributed by atoms with Gasteiger partial charge in [-0.1, -0.05) is 84.4 Å². The first-order valence-electron chi connectivity index (χ1n) is 9.03. The van der Waals surface area contributed by atoms with Gasteiger partial charge in [-0.05, 0) is 41.8 Å². The number of carbonyl (C=O) groups excluding carboxylic acids is 1. The average molecular weight is 376 g/mol. The molecule has 0 spiro atoms. The SMILES string of the molecule is CCN(C(=O)/C=C/c1ccc(Cl)cc1)C(c1ccccc1)c1ccccc1. The average Bonchev–Trinajstić information content (AvgIpc) is 2.72. The third-order valence-electron chi connectivity index (χ3n) is 4.45. The van der Waals surface area contributed by atoms with Gasteiger partial charge in [0.15, 0.2) is 0 Å². The Kier molecular flexibility index (Phi) is 6.45. The van der Waals surface area contributed by atoms with Gasteiger partial charge in [0.25, 0.3) is 0 Å². The molecule has 2 nitrogen and oxygen atoms in total. The van der Waals surface area contributed by atoms with Crippen molar-refractivity contribution in [1.82, 2.24) is 4.90 Å². The van der Waals surface area contributed by atoms with Crippen molar-refractivity contribution in [3.63, 3.8) is 0 Å². The highest BCUT2D eigenvalue weighted by molar-refractivity contribution is 6.30. The Hall–Kier alpha value is -2.84. The molecule has 0 radical (unpaired) electrons. The monoisotopic (exact) mass is 375 g/mol. The minimum Gasteiger partial charge on any atom is -0.328 e. The van der Waals surface area contributed by atoms with Crippen molar-refractivity contribution in [2.75, 3.05) is 6.54 Å². The highest BCUT2D eigenvalue weighted by Crippen LogP contribution is 2.28. The van der Waals surface area contributed by atoms with Gasteiger partial charge in [-0.15, -0.1) is 0 Å². The van der Waals surface area contributed by atoms with Crippen LogP contribution in [-0.4, -0.2) is 17.4 Å². The summed E-state index contributed by atoms with van der Waals surface area (Å²) >= 11 is 5.93. The molecule has 3 rings (SSSR count). The fourth-order valence-electron chi connectivity index (χ4n) is 3.13. The molecule has 3 heteroatoms. The van der Waals surface area contributed by atoms with Crippen LogP contribution in [0.15, 0.2) is 91.0 Å². The second kappa shape index (κ2) is 9.20. The van der Waals surface area contributed by atoms with Crippen LogP contribution < -0.4 is 0 Å². The zero-order valence-electron chi connectivity index (χ0n) is 15.3. The summed E-state index contributed by atoms with van der Waals surface area (Å²) in [6.07, 6.45) is 3.46. The molecule has 0 aliphatic heterocycles. The molecule has 0 atom stereocenters. The van der Waals surface area contributed by atoms with Gasteiger partial charge in [-0.3, -0.25) is 4.79 Å². The molecule has 27 heavy (non-hydrogen) atoms. The van der Waals surface area contributed by atoms with E-state index in [0.29, 0.717) is 11.6 Å². The second-order valence-electron chi connectivity index (χ2n) is 6.23. The summed E-state index contributed by atoms with van der Waals surface area (Å²) in [5.41, 5.74) is 3.14. The zero-order valence-corrected chi connectivity index (χ0v) is 16.0. The van der Waals surface area contributed by atoms with Gasteiger partial charge in [0.05, 0.1) is 6.04 Å². The van der Waals surface area contributed by atoms with Crippen LogP contribution in [0.25, 0.3) is 6.08 Å². The molecule has 0 saturated carbocycles. The Labute approximate surface area is 165 Å². The Morgan fingerprint density at radius 3 is 1.89 bits per heavy atom. The van der Waals surface area contributed by atoms with E-state index in [1.807, 2.05) is 78.6 Å². The number of amides is 1. The minimum absolute atomic E-state index is 0.0230. The van der Waals surface area contributed by atoms with Crippen molar-refractivity contribution < 1.29 is 4.79 Å². The van der Waals surface area contributed by atoms with E-state index in [2.05, 4.69) is 24.3 Å². The molecule has 0 bridgehead atoms. The van der Waals surface area contributed by atoms with Gasteiger partial charge in [0.2, 0.25) is 5.91 Å². The number of nitrogens with zero attached hydrogens (tertiary/aromatic N) is 1. The van der Waals surface area contributed by atoms with E-state index in [1.165, 1.54) is 0 Å². The normalized spacial score (nSPS) is 11.1. The number of carbonyl (C=O) groups is 1. The Morgan fingerprint density at radius 2 is 1.41 bits per heavy atom. The second-order valence-corrected chi connectivity index (χ2v) is 6.67. The molecular weight excluding hydrogens is 354 g/mol. The maximum absolute atomic E-state index is 13.0. The summed E-state index contributed by atoms with van der Waals surface area (Å²) in [6, 6.07) is 27.6. The molecule has 3 aromatic carbocycles. The fraction of sp³-hybridized carbons (Fsp3) is 0.125. The van der Waals surface area contributed by atoms with Crippen LogP contribution in [0, 0.1) is 0 Å². The number of rotatable bonds is 6. The Morgan fingerprint density at radius 1 is 0.889 bits per heavy atom. The highest BCUT2D eigenvalue weighted by Gasteiger charge is 2.23. The third kappa shape index (κ3) is 4.87. The van der Waals surface area contributed by atoms with Crippen LogP contribution in [-0.2, 0) is 4.79 Å². The quantitative estimate of drug-likeness (QED) is 0.484. The van der Waals surface area contributed by atoms with Crippen molar-refractivity contribution in [2.24, 2.45) is 0 Å². The van der Waals surface area contributed by atoms with Crippen LogP contribution in [0.1, 0.15) is 29.7 Å². The molecule has 0 unspecified atom stereocenters. The summed E-state index contributed by atoms with van der Waals surface area (Å²) in [7, 11) is 0. The van der Waals surface area contributed by atoms with Gasteiger partial charge < -0.3 is 4.90 Å². The van der Waals surface area contributed by atoms with Crippen molar-refractivity contribution in [3.05, 3.63) is 113 Å². The van der Waals surface area contributed by atoms with Crippen molar-refractivity contribution in [1.29, 1.82) is 0 Å². The Bertz CT molecular complexity index is 849. The van der Waals surface area contributed by atoms with Gasteiger partial charge in [0.1, 0.15) is 0 Å². The molecule has 0 aliphatic rings. The standard InChI is InChI=1S/C24H22ClNO/c1-2-26(23(27)18-15-19-13-16-22(25)17-14-19)24(20-9-5-3-6-10-20)21-11-7-4-8-12-21/h3-18,24H,2H2,1H3/b18-15+. The lowest BCUT2D eigenvalue weighted by Gasteiger charge is -2.31. The van der Waals surface area contributed by atoms with E-state index >= 15 is 0 Å². The zero-order chi connectivity index (χ0) is 19.1. The first kappa shape index (κ1) is 18.9. The molecule has 0 N–H and O–H groups in total. The van der Waals surface area contributed by atoms with Crippen molar-refractivity contribution in [2.45, 2.75) is 13.0 Å². The summed E-state index contributed by atoms with van der Waals surface area (Å²) < 4.78 is 0. The van der Waals surface area contributed by atoms with E-state index in [-0.39, 0.29) is 11.9 Å². The topological polar surface area (TPSA) is 20.3 Å². The van der Waals surface area contributed by atoms with Gasteiger partial charge in [-0.25, -0.2) is 0 Å². The Balaban J connectivity index is 1.91. The molecule has 0 saturated heterocycles. The first-order chi connectivity index (χ1) is 13.2. The molecule has 3 aromatic rings. The van der Waals surface area contributed by atoms with Gasteiger partial charge >= 0.3 is 0 Å². The lowest BCUT2D eigenvalue weighted by molar-refractivity contribution is -0.127. The van der Waals surface area contributed by atoms with E-state index in [1.54, 1.807) is 6.08 Å². The van der Waals surface area contributed by atoms with Gasteiger partial charge in [0, 0.05) is 17.6 Å². The lowest BCUT2D eigenvalue weighted by atomic mass is 9.97. The van der Waals surface area contributed by atoms with E-state index < -0.39 is 0 Å². The fourth-order valence-corrected chi connectivity index (χ4v) is 3.25. The van der Waals surface area contributed by atoms with E-state index in [0.717, 1.165) is 16.7 Å². The van der Waals surface area contributed by atoms with E-state index in [9.17, 15) is 4.79 Å². The third-order valence-corrected chi connectivity index (χ3v) is 4.71. The molecule has 136 valence electrons. The summed E-state index contributed by atoms with van der Waals surface area (Å²) in [4.78, 5) is 14.9. The summed E-state index contributed by atoms with van der Waals surface area (Å²) in [6.45, 7) is 2.62. The van der Waals surface area contributed by atoms with Crippen molar-refractivity contribution in [3.8, 4) is 0 Å². The maximum Gasteiger partial charge on any atom is 0.247 e. The lowest BCUT2D eigenvalue weighted by Crippen LogP contribution is -2.34. The van der Waals surface area contributed by atoms with Gasteiger partial charge in [-0.2, -0.15) is 0 Å². The number of halogens is 1. The highest BCUT2D eigenvalue weighted by atomic mass is 35.5. The molecule has 0 fully saturated rings. The summed E-state index contributed by atoms with van der Waals surface area (Å²) in [5.74, 6) is -0.0230. The smallest absolute Gasteiger partial charge is 0.247 e. The predicted octanol–water partition coefficient (Wildman–Crippen LogP) is 5.99. The first-order valence-corrected chi connectivity index (χ1v) is 9.41. The maximum atomic E-state index is 13.0. The van der Waals surface area contributed by atoms with Crippen molar-refractivity contribution >= 4 is 23.6 Å². The van der Waals surface area contributed by atoms with Crippen LogP contribution in [0.3, 0.4) is 0 Å². The van der Waals surface area contributed by atoms with Crippen LogP contribution in [0.4, 0.5) is 0 Å². The molecule has 1 amide bonds. The number of hydrogen-bond donors (Lipinski definition) is 0.